The fourth-order valence-corrected chi connectivity index (χ4v) is 3.54. The normalized spacial score (nSPS) is 31.2. The summed E-state index contributed by atoms with van der Waals surface area (Å²) in [5.41, 5.74) is 0. The second kappa shape index (κ2) is 6.07. The van der Waals surface area contributed by atoms with Gasteiger partial charge in [0.15, 0.2) is 0 Å². The Bertz CT molecular complexity index is 373. The van der Waals surface area contributed by atoms with E-state index in [9.17, 15) is 5.11 Å². The molecule has 0 bridgehead atoms. The Morgan fingerprint density at radius 3 is 2.74 bits per heavy atom. The number of nitrogens with zero attached hydrogens (tertiary/aromatic N) is 1. The summed E-state index contributed by atoms with van der Waals surface area (Å²) in [6.07, 6.45) is 5.92. The Balaban J connectivity index is 1.72. The van der Waals surface area contributed by atoms with Crippen LogP contribution in [-0.2, 0) is 4.74 Å². The quantitative estimate of drug-likeness (QED) is 0.910. The second-order valence-electron chi connectivity index (χ2n) is 5.62. The van der Waals surface area contributed by atoms with E-state index in [0.717, 1.165) is 32.7 Å². The first-order valence-electron chi connectivity index (χ1n) is 7.39. The van der Waals surface area contributed by atoms with Crippen molar-refractivity contribution >= 4 is 0 Å². The minimum atomic E-state index is -0.469. The maximum Gasteiger partial charge on any atom is 0.132 e. The first-order valence-corrected chi connectivity index (χ1v) is 7.39. The highest BCUT2D eigenvalue weighted by Gasteiger charge is 2.36. The van der Waals surface area contributed by atoms with Crippen molar-refractivity contribution in [2.24, 2.45) is 5.92 Å². The summed E-state index contributed by atoms with van der Waals surface area (Å²) in [7, 11) is 0. The van der Waals surface area contributed by atoms with Crippen molar-refractivity contribution in [1.29, 1.82) is 0 Å². The molecule has 1 aliphatic heterocycles. The average molecular weight is 265 g/mol. The van der Waals surface area contributed by atoms with Crippen molar-refractivity contribution < 1.29 is 14.3 Å². The van der Waals surface area contributed by atoms with Gasteiger partial charge in [-0.2, -0.15) is 0 Å². The van der Waals surface area contributed by atoms with E-state index in [-0.39, 0.29) is 5.92 Å². The Hall–Kier alpha value is -0.840. The molecule has 2 fully saturated rings. The summed E-state index contributed by atoms with van der Waals surface area (Å²) in [5.74, 6) is 1.00. The van der Waals surface area contributed by atoms with E-state index < -0.39 is 6.10 Å². The lowest BCUT2D eigenvalue weighted by molar-refractivity contribution is -0.0417. The third-order valence-corrected chi connectivity index (χ3v) is 4.54. The summed E-state index contributed by atoms with van der Waals surface area (Å²) in [4.78, 5) is 2.50. The molecule has 1 saturated heterocycles. The number of hydrogen-bond acceptors (Lipinski definition) is 4. The molecule has 3 atom stereocenters. The van der Waals surface area contributed by atoms with E-state index in [4.69, 9.17) is 9.15 Å². The highest BCUT2D eigenvalue weighted by molar-refractivity contribution is 5.05. The molecule has 1 aromatic heterocycles. The summed E-state index contributed by atoms with van der Waals surface area (Å²) in [6, 6.07) is 4.21. The summed E-state index contributed by atoms with van der Waals surface area (Å²) < 4.78 is 10.8. The lowest BCUT2D eigenvalue weighted by Gasteiger charge is -2.43. The highest BCUT2D eigenvalue weighted by atomic mass is 16.5. The molecule has 3 rings (SSSR count). The van der Waals surface area contributed by atoms with E-state index >= 15 is 0 Å². The molecule has 0 unspecified atom stereocenters. The summed E-state index contributed by atoms with van der Waals surface area (Å²) >= 11 is 0. The number of hydrogen-bond donors (Lipinski definition) is 1. The maximum atomic E-state index is 10.6. The first kappa shape index (κ1) is 13.2. The van der Waals surface area contributed by atoms with Gasteiger partial charge in [-0.25, -0.2) is 0 Å². The van der Waals surface area contributed by atoms with Gasteiger partial charge in [-0.1, -0.05) is 12.8 Å². The Kier molecular flexibility index (Phi) is 4.21. The average Bonchev–Trinajstić information content (AvgIpc) is 3.02. The van der Waals surface area contributed by atoms with Crippen molar-refractivity contribution in [1.82, 2.24) is 4.90 Å². The largest absolute Gasteiger partial charge is 0.467 e. The molecule has 4 nitrogen and oxygen atoms in total. The van der Waals surface area contributed by atoms with Gasteiger partial charge >= 0.3 is 0 Å². The van der Waals surface area contributed by atoms with Crippen LogP contribution in [0.4, 0.5) is 0 Å². The van der Waals surface area contributed by atoms with E-state index in [1.165, 1.54) is 19.3 Å². The molecular weight excluding hydrogens is 242 g/mol. The summed E-state index contributed by atoms with van der Waals surface area (Å²) in [5, 5.41) is 10.6. The van der Waals surface area contributed by atoms with Crippen LogP contribution in [0.2, 0.25) is 0 Å². The number of morpholine rings is 1. The van der Waals surface area contributed by atoms with Crippen LogP contribution >= 0.6 is 0 Å². The number of aliphatic hydroxyl groups is 1. The third kappa shape index (κ3) is 2.86. The van der Waals surface area contributed by atoms with Gasteiger partial charge in [0, 0.05) is 25.0 Å². The number of ether oxygens (including phenoxy) is 1. The van der Waals surface area contributed by atoms with E-state index in [1.54, 1.807) is 6.26 Å². The Labute approximate surface area is 114 Å². The molecule has 1 N–H and O–H groups in total. The predicted octanol–water partition coefficient (Wildman–Crippen LogP) is 2.20. The first-order chi connectivity index (χ1) is 9.36. The van der Waals surface area contributed by atoms with Crippen molar-refractivity contribution in [3.8, 4) is 0 Å². The molecule has 0 aromatic carbocycles. The zero-order chi connectivity index (χ0) is 13.1. The van der Waals surface area contributed by atoms with E-state index in [2.05, 4.69) is 4.90 Å². The zero-order valence-corrected chi connectivity index (χ0v) is 11.3. The zero-order valence-electron chi connectivity index (χ0n) is 11.3. The van der Waals surface area contributed by atoms with Crippen LogP contribution in [0, 0.1) is 5.92 Å². The molecule has 2 aliphatic rings. The minimum absolute atomic E-state index is 0.290. The van der Waals surface area contributed by atoms with Crippen LogP contribution in [0.1, 0.15) is 37.5 Å². The molecule has 1 saturated carbocycles. The van der Waals surface area contributed by atoms with Crippen molar-refractivity contribution in [2.45, 2.75) is 37.8 Å². The van der Waals surface area contributed by atoms with Gasteiger partial charge in [-0.3, -0.25) is 4.90 Å². The van der Waals surface area contributed by atoms with Crippen LogP contribution in [0.25, 0.3) is 0 Å². The standard InChI is InChI=1S/C15H23NO3/c17-15(14-6-3-9-19-14)12-4-1-2-5-13(12)16-7-10-18-11-8-16/h3,6,9,12-13,15,17H,1-2,4-5,7-8,10-11H2/t12-,13-,15-/m1/s1. The Morgan fingerprint density at radius 1 is 1.21 bits per heavy atom. The lowest BCUT2D eigenvalue weighted by atomic mass is 9.79. The lowest BCUT2D eigenvalue weighted by Crippen LogP contribution is -2.49. The number of rotatable bonds is 3. The third-order valence-electron chi connectivity index (χ3n) is 4.54. The van der Waals surface area contributed by atoms with Gasteiger partial charge in [-0.15, -0.1) is 0 Å². The SMILES string of the molecule is O[C@@H](c1ccco1)[C@@H]1CCCC[C@H]1N1CCOCC1. The predicted molar refractivity (Wildman–Crippen MR) is 71.8 cm³/mol. The molecule has 0 spiro atoms. The van der Waals surface area contributed by atoms with E-state index in [0.29, 0.717) is 11.8 Å². The van der Waals surface area contributed by atoms with Crippen LogP contribution in [0.15, 0.2) is 22.8 Å². The number of furan rings is 1. The van der Waals surface area contributed by atoms with Crippen molar-refractivity contribution in [3.63, 3.8) is 0 Å². The van der Waals surface area contributed by atoms with Gasteiger partial charge in [0.25, 0.3) is 0 Å². The van der Waals surface area contributed by atoms with Crippen molar-refractivity contribution in [2.75, 3.05) is 26.3 Å². The van der Waals surface area contributed by atoms with Gasteiger partial charge in [0.1, 0.15) is 11.9 Å². The highest BCUT2D eigenvalue weighted by Crippen LogP contribution is 2.37. The molecular formula is C15H23NO3. The van der Waals surface area contributed by atoms with Crippen LogP contribution in [-0.4, -0.2) is 42.4 Å². The Morgan fingerprint density at radius 2 is 2.00 bits per heavy atom. The van der Waals surface area contributed by atoms with Gasteiger partial charge in [-0.05, 0) is 25.0 Å². The fourth-order valence-electron chi connectivity index (χ4n) is 3.54. The molecule has 2 heterocycles. The van der Waals surface area contributed by atoms with E-state index in [1.807, 2.05) is 12.1 Å². The molecule has 0 amide bonds. The van der Waals surface area contributed by atoms with Crippen LogP contribution in [0.5, 0.6) is 0 Å². The fraction of sp³-hybridized carbons (Fsp3) is 0.733. The van der Waals surface area contributed by atoms with Gasteiger partial charge < -0.3 is 14.3 Å². The smallest absolute Gasteiger partial charge is 0.132 e. The van der Waals surface area contributed by atoms with Crippen LogP contribution < -0.4 is 0 Å². The van der Waals surface area contributed by atoms with Gasteiger partial charge in [0.05, 0.1) is 19.5 Å². The molecule has 19 heavy (non-hydrogen) atoms. The molecule has 4 heteroatoms. The van der Waals surface area contributed by atoms with Crippen molar-refractivity contribution in [3.05, 3.63) is 24.2 Å². The topological polar surface area (TPSA) is 45.8 Å². The minimum Gasteiger partial charge on any atom is -0.467 e. The van der Waals surface area contributed by atoms with Gasteiger partial charge in [0.2, 0.25) is 0 Å². The second-order valence-corrected chi connectivity index (χ2v) is 5.62. The maximum absolute atomic E-state index is 10.6. The number of aliphatic hydroxyl groups excluding tert-OH is 1. The van der Waals surface area contributed by atoms with Crippen LogP contribution in [0.3, 0.4) is 0 Å². The molecule has 106 valence electrons. The molecule has 1 aliphatic carbocycles. The molecule has 0 radical (unpaired) electrons. The molecule has 1 aromatic rings. The monoisotopic (exact) mass is 265 g/mol. The summed E-state index contributed by atoms with van der Waals surface area (Å²) in [6.45, 7) is 3.62.